The van der Waals surface area contributed by atoms with Gasteiger partial charge in [0.05, 0.1) is 7.11 Å². The van der Waals surface area contributed by atoms with Gasteiger partial charge in [0.15, 0.2) is 11.6 Å². The first-order valence-corrected chi connectivity index (χ1v) is 6.83. The van der Waals surface area contributed by atoms with Crippen LogP contribution in [0, 0.1) is 11.2 Å². The number of halogens is 1. The van der Waals surface area contributed by atoms with Crippen LogP contribution >= 0.6 is 0 Å². The average molecular weight is 267 g/mol. The maximum Gasteiger partial charge on any atom is 0.165 e. The van der Waals surface area contributed by atoms with Crippen molar-refractivity contribution in [1.82, 2.24) is 5.32 Å². The molecule has 2 N–H and O–H groups in total. The van der Waals surface area contributed by atoms with Crippen molar-refractivity contribution in [2.24, 2.45) is 5.41 Å². The first-order valence-electron chi connectivity index (χ1n) is 6.83. The Kier molecular flexibility index (Phi) is 4.77. The lowest BCUT2D eigenvalue weighted by molar-refractivity contribution is 0.0451. The second-order valence-electron chi connectivity index (χ2n) is 5.41. The zero-order valence-electron chi connectivity index (χ0n) is 11.4. The van der Waals surface area contributed by atoms with Crippen molar-refractivity contribution >= 4 is 0 Å². The topological polar surface area (TPSA) is 41.5 Å². The summed E-state index contributed by atoms with van der Waals surface area (Å²) in [5.41, 5.74) is 1.06. The molecule has 1 aromatic rings. The lowest BCUT2D eigenvalue weighted by atomic mass is 9.69. The van der Waals surface area contributed by atoms with E-state index in [1.807, 2.05) is 6.07 Å². The van der Waals surface area contributed by atoms with Crippen molar-refractivity contribution in [2.45, 2.75) is 25.7 Å². The van der Waals surface area contributed by atoms with Gasteiger partial charge >= 0.3 is 0 Å². The number of methoxy groups -OCH3 is 1. The van der Waals surface area contributed by atoms with Crippen LogP contribution in [-0.2, 0) is 6.42 Å². The molecule has 0 atom stereocenters. The fourth-order valence-corrected chi connectivity index (χ4v) is 2.52. The van der Waals surface area contributed by atoms with E-state index in [9.17, 15) is 9.50 Å². The normalized spacial score (nSPS) is 17.0. The van der Waals surface area contributed by atoms with Crippen molar-refractivity contribution < 1.29 is 14.2 Å². The van der Waals surface area contributed by atoms with Gasteiger partial charge in [0.2, 0.25) is 0 Å². The molecular weight excluding hydrogens is 245 g/mol. The van der Waals surface area contributed by atoms with E-state index in [4.69, 9.17) is 4.74 Å². The fourth-order valence-electron chi connectivity index (χ4n) is 2.52. The lowest BCUT2D eigenvalue weighted by Gasteiger charge is -2.40. The summed E-state index contributed by atoms with van der Waals surface area (Å²) in [6.07, 6.45) is 4.20. The van der Waals surface area contributed by atoms with Gasteiger partial charge in [-0.25, -0.2) is 4.39 Å². The van der Waals surface area contributed by atoms with Crippen molar-refractivity contribution in [3.05, 3.63) is 29.6 Å². The van der Waals surface area contributed by atoms with Crippen molar-refractivity contribution in [3.8, 4) is 5.75 Å². The van der Waals surface area contributed by atoms with Gasteiger partial charge in [-0.2, -0.15) is 0 Å². The number of ether oxygens (including phenoxy) is 1. The van der Waals surface area contributed by atoms with Crippen LogP contribution in [0.1, 0.15) is 24.8 Å². The Morgan fingerprint density at radius 1 is 1.42 bits per heavy atom. The monoisotopic (exact) mass is 267 g/mol. The van der Waals surface area contributed by atoms with Crippen LogP contribution in [0.25, 0.3) is 0 Å². The van der Waals surface area contributed by atoms with Crippen molar-refractivity contribution in [3.63, 3.8) is 0 Å². The molecule has 1 aliphatic rings. The molecule has 0 aliphatic heterocycles. The molecule has 1 saturated carbocycles. The zero-order valence-corrected chi connectivity index (χ0v) is 11.4. The number of aliphatic hydroxyl groups excluding tert-OH is 1. The van der Waals surface area contributed by atoms with Gasteiger partial charge < -0.3 is 15.2 Å². The number of nitrogens with one attached hydrogen (secondary N) is 1. The number of rotatable bonds is 7. The lowest BCUT2D eigenvalue weighted by Crippen LogP contribution is -2.43. The highest BCUT2D eigenvalue weighted by Crippen LogP contribution is 2.39. The summed E-state index contributed by atoms with van der Waals surface area (Å²) in [4.78, 5) is 0. The molecule has 1 aromatic carbocycles. The molecule has 1 fully saturated rings. The molecule has 0 heterocycles. The van der Waals surface area contributed by atoms with Gasteiger partial charge in [0, 0.05) is 18.6 Å². The molecule has 0 radical (unpaired) electrons. The fraction of sp³-hybridized carbons (Fsp3) is 0.600. The minimum atomic E-state index is -0.314. The first kappa shape index (κ1) is 14.3. The highest BCUT2D eigenvalue weighted by molar-refractivity contribution is 5.29. The molecule has 106 valence electrons. The summed E-state index contributed by atoms with van der Waals surface area (Å²) in [7, 11) is 1.46. The Bertz CT molecular complexity index is 413. The summed E-state index contributed by atoms with van der Waals surface area (Å²) in [5.74, 6) is -0.0313. The molecule has 0 aromatic heterocycles. The molecule has 0 bridgehead atoms. The Hall–Kier alpha value is -1.13. The zero-order chi connectivity index (χ0) is 13.7. The van der Waals surface area contributed by atoms with Gasteiger partial charge in [-0.3, -0.25) is 0 Å². The molecule has 19 heavy (non-hydrogen) atoms. The standard InChI is InChI=1S/C15H22FNO2/c1-19-14-4-3-12(9-13(14)16)5-8-17-10-15(11-18)6-2-7-15/h3-4,9,17-18H,2,5-8,10-11H2,1H3. The summed E-state index contributed by atoms with van der Waals surface area (Å²) >= 11 is 0. The summed E-state index contributed by atoms with van der Waals surface area (Å²) in [6.45, 7) is 1.91. The smallest absolute Gasteiger partial charge is 0.165 e. The van der Waals surface area contributed by atoms with Crippen LogP contribution in [0.3, 0.4) is 0 Å². The first-order chi connectivity index (χ1) is 9.19. The summed E-state index contributed by atoms with van der Waals surface area (Å²) in [6, 6.07) is 5.06. The Balaban J connectivity index is 1.75. The molecule has 0 unspecified atom stereocenters. The molecule has 0 saturated heterocycles. The van der Waals surface area contributed by atoms with Crippen LogP contribution in [0.5, 0.6) is 5.75 Å². The predicted molar refractivity (Wildman–Crippen MR) is 72.9 cm³/mol. The number of benzene rings is 1. The van der Waals surface area contributed by atoms with Gasteiger partial charge in [-0.15, -0.1) is 0 Å². The minimum absolute atomic E-state index is 0.102. The van der Waals surface area contributed by atoms with E-state index in [0.29, 0.717) is 0 Å². The number of hydrogen-bond donors (Lipinski definition) is 2. The largest absolute Gasteiger partial charge is 0.494 e. The van der Waals surface area contributed by atoms with Gasteiger partial charge in [0.25, 0.3) is 0 Å². The SMILES string of the molecule is COc1ccc(CCNCC2(CO)CCC2)cc1F. The minimum Gasteiger partial charge on any atom is -0.494 e. The highest BCUT2D eigenvalue weighted by Gasteiger charge is 2.35. The Labute approximate surface area is 113 Å². The predicted octanol–water partition coefficient (Wildman–Crippen LogP) is 2.13. The molecule has 0 spiro atoms. The maximum absolute atomic E-state index is 13.5. The van der Waals surface area contributed by atoms with Crippen molar-refractivity contribution in [2.75, 3.05) is 26.8 Å². The van der Waals surface area contributed by atoms with E-state index >= 15 is 0 Å². The molecule has 4 heteroatoms. The van der Waals surface area contributed by atoms with Crippen LogP contribution in [0.15, 0.2) is 18.2 Å². The molecular formula is C15H22FNO2. The van der Waals surface area contributed by atoms with Gasteiger partial charge in [0.1, 0.15) is 0 Å². The van der Waals surface area contributed by atoms with E-state index in [1.165, 1.54) is 19.6 Å². The average Bonchev–Trinajstić information content (AvgIpc) is 2.37. The summed E-state index contributed by atoms with van der Waals surface area (Å²) in [5, 5.41) is 12.7. The van der Waals surface area contributed by atoms with E-state index in [-0.39, 0.29) is 23.6 Å². The van der Waals surface area contributed by atoms with E-state index in [2.05, 4.69) is 5.32 Å². The maximum atomic E-state index is 13.5. The van der Waals surface area contributed by atoms with E-state index < -0.39 is 0 Å². The summed E-state index contributed by atoms with van der Waals surface area (Å²) < 4.78 is 18.4. The van der Waals surface area contributed by atoms with Gasteiger partial charge in [-0.1, -0.05) is 12.5 Å². The second-order valence-corrected chi connectivity index (χ2v) is 5.41. The van der Waals surface area contributed by atoms with Crippen LogP contribution in [0.4, 0.5) is 4.39 Å². The molecule has 2 rings (SSSR count). The third-order valence-corrected chi connectivity index (χ3v) is 4.06. The van der Waals surface area contributed by atoms with Crippen molar-refractivity contribution in [1.29, 1.82) is 0 Å². The third kappa shape index (κ3) is 3.45. The van der Waals surface area contributed by atoms with Crippen LogP contribution in [-0.4, -0.2) is 31.9 Å². The highest BCUT2D eigenvalue weighted by atomic mass is 19.1. The molecule has 1 aliphatic carbocycles. The van der Waals surface area contributed by atoms with E-state index in [1.54, 1.807) is 6.07 Å². The Morgan fingerprint density at radius 2 is 2.21 bits per heavy atom. The quantitative estimate of drug-likeness (QED) is 0.744. The third-order valence-electron chi connectivity index (χ3n) is 4.06. The van der Waals surface area contributed by atoms with E-state index in [0.717, 1.165) is 37.9 Å². The van der Waals surface area contributed by atoms with Crippen LogP contribution in [0.2, 0.25) is 0 Å². The van der Waals surface area contributed by atoms with Gasteiger partial charge in [-0.05, 0) is 43.5 Å². The second kappa shape index (κ2) is 6.35. The number of aliphatic hydroxyl groups is 1. The number of hydrogen-bond acceptors (Lipinski definition) is 3. The van der Waals surface area contributed by atoms with Crippen LogP contribution < -0.4 is 10.1 Å². The Morgan fingerprint density at radius 3 is 2.74 bits per heavy atom. The molecule has 3 nitrogen and oxygen atoms in total. The molecule has 0 amide bonds.